The van der Waals surface area contributed by atoms with E-state index >= 15 is 0 Å². The Morgan fingerprint density at radius 3 is 2.55 bits per heavy atom. The van der Waals surface area contributed by atoms with Gasteiger partial charge in [-0.25, -0.2) is 0 Å². The molecule has 0 aliphatic rings. The van der Waals surface area contributed by atoms with Gasteiger partial charge in [-0.05, 0) is 61.7 Å². The van der Waals surface area contributed by atoms with Gasteiger partial charge in [-0.3, -0.25) is 0 Å². The Bertz CT molecular complexity index is 591. The lowest BCUT2D eigenvalue weighted by atomic mass is 10.0. The van der Waals surface area contributed by atoms with Gasteiger partial charge in [0.1, 0.15) is 17.1 Å². The van der Waals surface area contributed by atoms with Crippen molar-refractivity contribution in [2.75, 3.05) is 0 Å². The molecule has 0 aromatic heterocycles. The molecule has 0 saturated carbocycles. The van der Waals surface area contributed by atoms with Crippen LogP contribution >= 0.6 is 15.9 Å². The number of hydrogen-bond donors (Lipinski definition) is 1. The van der Waals surface area contributed by atoms with Crippen LogP contribution in [0.1, 0.15) is 33.6 Å². The number of phenolic OH excluding ortho intramolecular Hbond substituents is 1. The van der Waals surface area contributed by atoms with E-state index in [4.69, 9.17) is 4.74 Å². The molecule has 2 rings (SSSR count). The number of phenols is 1. The molecule has 108 valence electrons. The highest BCUT2D eigenvalue weighted by atomic mass is 79.9. The normalized spacial score (nSPS) is 13.4. The fourth-order valence-corrected chi connectivity index (χ4v) is 2.42. The number of hydrogen-bond acceptors (Lipinski definition) is 2. The number of fused-ring (bicyclic) bond motifs is 1. The van der Waals surface area contributed by atoms with Crippen LogP contribution in [0.5, 0.6) is 11.5 Å². The maximum absolute atomic E-state index is 9.55. The Kier molecular flexibility index (Phi) is 4.59. The second kappa shape index (κ2) is 6.04. The summed E-state index contributed by atoms with van der Waals surface area (Å²) in [5.74, 6) is 1.12. The zero-order valence-corrected chi connectivity index (χ0v) is 13.8. The molecule has 1 N–H and O–H groups in total. The Morgan fingerprint density at radius 2 is 1.85 bits per heavy atom. The quantitative estimate of drug-likeness (QED) is 0.754. The lowest BCUT2D eigenvalue weighted by molar-refractivity contribution is 0.0975. The van der Waals surface area contributed by atoms with Gasteiger partial charge in [0.15, 0.2) is 0 Å². The van der Waals surface area contributed by atoms with E-state index in [0.717, 1.165) is 29.4 Å². The third-order valence-electron chi connectivity index (χ3n) is 3.33. The van der Waals surface area contributed by atoms with E-state index in [9.17, 15) is 5.11 Å². The van der Waals surface area contributed by atoms with Gasteiger partial charge in [0, 0.05) is 4.83 Å². The molecule has 20 heavy (non-hydrogen) atoms. The maximum atomic E-state index is 9.55. The standard InChI is InChI=1S/C17H21BrO2/c1-12(18)8-9-17(2,3)20-16-7-5-13-4-6-15(19)10-14(13)11-16/h4-7,10-12,19H,8-9H2,1-3H3. The van der Waals surface area contributed by atoms with E-state index in [1.807, 2.05) is 24.3 Å². The average molecular weight is 337 g/mol. The molecule has 0 aliphatic heterocycles. The minimum absolute atomic E-state index is 0.202. The molecule has 0 radical (unpaired) electrons. The van der Waals surface area contributed by atoms with E-state index < -0.39 is 0 Å². The van der Waals surface area contributed by atoms with Crippen molar-refractivity contribution in [3.63, 3.8) is 0 Å². The Labute approximate surface area is 128 Å². The predicted octanol–water partition coefficient (Wildman–Crippen LogP) is 5.27. The summed E-state index contributed by atoms with van der Waals surface area (Å²) < 4.78 is 6.10. The van der Waals surface area contributed by atoms with Gasteiger partial charge in [0.2, 0.25) is 0 Å². The van der Waals surface area contributed by atoms with Crippen molar-refractivity contribution in [2.45, 2.75) is 44.0 Å². The number of rotatable bonds is 5. The lowest BCUT2D eigenvalue weighted by Crippen LogP contribution is -2.28. The van der Waals surface area contributed by atoms with Crippen LogP contribution in [0.4, 0.5) is 0 Å². The zero-order valence-electron chi connectivity index (χ0n) is 12.2. The molecule has 0 heterocycles. The SMILES string of the molecule is CC(Br)CCC(C)(C)Oc1ccc2ccc(O)cc2c1. The Hall–Kier alpha value is -1.22. The Balaban J connectivity index is 2.16. The number of aromatic hydroxyl groups is 1. The summed E-state index contributed by atoms with van der Waals surface area (Å²) >= 11 is 3.57. The maximum Gasteiger partial charge on any atom is 0.120 e. The predicted molar refractivity (Wildman–Crippen MR) is 87.9 cm³/mol. The van der Waals surface area contributed by atoms with E-state index in [0.29, 0.717) is 4.83 Å². The van der Waals surface area contributed by atoms with E-state index in [1.54, 1.807) is 12.1 Å². The van der Waals surface area contributed by atoms with E-state index in [-0.39, 0.29) is 11.4 Å². The van der Waals surface area contributed by atoms with Crippen LogP contribution in [0.25, 0.3) is 10.8 Å². The second-order valence-corrected chi connectivity index (χ2v) is 7.44. The first kappa shape index (κ1) is 15.2. The van der Waals surface area contributed by atoms with Crippen molar-refractivity contribution in [3.8, 4) is 11.5 Å². The molecule has 0 amide bonds. The molecule has 0 aliphatic carbocycles. The highest BCUT2D eigenvalue weighted by molar-refractivity contribution is 9.09. The molecule has 0 bridgehead atoms. The number of benzene rings is 2. The highest BCUT2D eigenvalue weighted by Crippen LogP contribution is 2.28. The van der Waals surface area contributed by atoms with Crippen LogP contribution in [0.2, 0.25) is 0 Å². The summed E-state index contributed by atoms with van der Waals surface area (Å²) in [5.41, 5.74) is -0.202. The highest BCUT2D eigenvalue weighted by Gasteiger charge is 2.20. The van der Waals surface area contributed by atoms with Crippen molar-refractivity contribution in [1.29, 1.82) is 0 Å². The fourth-order valence-electron chi connectivity index (χ4n) is 2.19. The summed E-state index contributed by atoms with van der Waals surface area (Å²) in [5, 5.41) is 11.6. The summed E-state index contributed by atoms with van der Waals surface area (Å²) in [7, 11) is 0. The monoisotopic (exact) mass is 336 g/mol. The summed E-state index contributed by atoms with van der Waals surface area (Å²) in [6.07, 6.45) is 2.05. The average Bonchev–Trinajstić information content (AvgIpc) is 2.35. The summed E-state index contributed by atoms with van der Waals surface area (Å²) in [6, 6.07) is 11.4. The largest absolute Gasteiger partial charge is 0.508 e. The summed E-state index contributed by atoms with van der Waals surface area (Å²) in [4.78, 5) is 0.499. The van der Waals surface area contributed by atoms with Crippen molar-refractivity contribution < 1.29 is 9.84 Å². The molecule has 1 atom stereocenters. The minimum atomic E-state index is -0.202. The first-order valence-electron chi connectivity index (χ1n) is 6.92. The third kappa shape index (κ3) is 4.14. The van der Waals surface area contributed by atoms with Crippen LogP contribution in [0.3, 0.4) is 0 Å². The third-order valence-corrected chi connectivity index (χ3v) is 3.79. The van der Waals surface area contributed by atoms with Gasteiger partial charge in [-0.1, -0.05) is 35.0 Å². The van der Waals surface area contributed by atoms with Crippen molar-refractivity contribution in [1.82, 2.24) is 0 Å². The molecular weight excluding hydrogens is 316 g/mol. The van der Waals surface area contributed by atoms with Crippen LogP contribution in [-0.2, 0) is 0 Å². The fraction of sp³-hybridized carbons (Fsp3) is 0.412. The molecule has 0 spiro atoms. The van der Waals surface area contributed by atoms with Crippen LogP contribution in [0.15, 0.2) is 36.4 Å². The smallest absolute Gasteiger partial charge is 0.120 e. The van der Waals surface area contributed by atoms with Crippen molar-refractivity contribution >= 4 is 26.7 Å². The molecular formula is C17H21BrO2. The van der Waals surface area contributed by atoms with Crippen LogP contribution in [-0.4, -0.2) is 15.5 Å². The molecule has 2 aromatic carbocycles. The first-order valence-corrected chi connectivity index (χ1v) is 7.83. The van der Waals surface area contributed by atoms with E-state index in [1.165, 1.54) is 0 Å². The topological polar surface area (TPSA) is 29.5 Å². The molecule has 3 heteroatoms. The number of alkyl halides is 1. The van der Waals surface area contributed by atoms with E-state index in [2.05, 4.69) is 36.7 Å². The van der Waals surface area contributed by atoms with Gasteiger partial charge in [-0.15, -0.1) is 0 Å². The van der Waals surface area contributed by atoms with Gasteiger partial charge in [0.05, 0.1) is 0 Å². The van der Waals surface area contributed by atoms with Crippen LogP contribution < -0.4 is 4.74 Å². The zero-order chi connectivity index (χ0) is 14.8. The van der Waals surface area contributed by atoms with Crippen LogP contribution in [0, 0.1) is 0 Å². The lowest BCUT2D eigenvalue weighted by Gasteiger charge is -2.27. The van der Waals surface area contributed by atoms with Gasteiger partial charge in [0.25, 0.3) is 0 Å². The minimum Gasteiger partial charge on any atom is -0.508 e. The number of halogens is 1. The van der Waals surface area contributed by atoms with Gasteiger partial charge < -0.3 is 9.84 Å². The molecule has 0 fully saturated rings. The Morgan fingerprint density at radius 1 is 1.15 bits per heavy atom. The van der Waals surface area contributed by atoms with Gasteiger partial charge >= 0.3 is 0 Å². The second-order valence-electron chi connectivity index (χ2n) is 5.87. The summed E-state index contributed by atoms with van der Waals surface area (Å²) in [6.45, 7) is 6.36. The molecule has 2 nitrogen and oxygen atoms in total. The van der Waals surface area contributed by atoms with Gasteiger partial charge in [-0.2, -0.15) is 0 Å². The first-order chi connectivity index (χ1) is 9.35. The van der Waals surface area contributed by atoms with Crippen molar-refractivity contribution in [2.24, 2.45) is 0 Å². The molecule has 2 aromatic rings. The number of ether oxygens (including phenoxy) is 1. The van der Waals surface area contributed by atoms with Crippen molar-refractivity contribution in [3.05, 3.63) is 36.4 Å². The molecule has 1 unspecified atom stereocenters. The molecule has 0 saturated heterocycles.